The number of aromatic nitrogens is 16. The van der Waals surface area contributed by atoms with Gasteiger partial charge in [-0.05, 0) is 158 Å². The average Bonchev–Trinajstić information content (AvgIpc) is 1.55. The molecule has 0 fully saturated rings. The van der Waals surface area contributed by atoms with Gasteiger partial charge in [0.05, 0.1) is 88.3 Å². The van der Waals surface area contributed by atoms with Gasteiger partial charge in [0, 0.05) is 44.3 Å². The molecule has 28 rings (SSSR count). The molecule has 18 nitrogen and oxygen atoms in total. The van der Waals surface area contributed by atoms with E-state index in [0.717, 1.165) is 191 Å². The van der Waals surface area contributed by atoms with Crippen LogP contribution in [0.15, 0.2) is 409 Å². The first-order chi connectivity index (χ1) is 63.5. The van der Waals surface area contributed by atoms with E-state index in [1.54, 1.807) is 0 Å². The molecule has 12 aromatic heterocycles. The normalized spacial score (nSPS) is 12.5. The van der Waals surface area contributed by atoms with Crippen LogP contribution >= 0.6 is 0 Å². The Balaban J connectivity index is 0.663. The van der Waals surface area contributed by atoms with Gasteiger partial charge in [-0.1, -0.05) is 273 Å². The molecule has 20 heteroatoms. The van der Waals surface area contributed by atoms with Crippen molar-refractivity contribution in [3.8, 4) is 34.7 Å². The number of rotatable bonds is 13. The molecule has 28 aromatic rings. The van der Waals surface area contributed by atoms with Gasteiger partial charge in [-0.25, -0.2) is 39.0 Å². The largest absolute Gasteiger partial charge is 0.456 e. The van der Waals surface area contributed by atoms with Crippen molar-refractivity contribution in [1.82, 2.24) is 75.7 Å². The smallest absolute Gasteiger partial charge is 0.238 e. The predicted molar refractivity (Wildman–Crippen MR) is 517 cm³/mol. The predicted octanol–water partition coefficient (Wildman–Crippen LogP) is 18.5. The number of furan rings is 2. The standard InChI is InChI=1S/C108H66N16O2Si2/c1-5-30-69(31-6-1)127(70-32-7-2-8-33-70,73-58-61-96-77(64-73)75-39-14-27-53-94(75)125-96)100-65-98(121-89-49-23-19-45-85(89)117-82-43-17-15-41-78(82)109-105(117)121)113-103(115-100)124-92-52-26-22-48-88(92)120-93-63-68(56-59-80(93)111-108(120)124)67-57-60-84-81(62-67)112-106-119(84)86-46-20-24-50-90(86)122(106)99-66-101(116-104(114-99)123-91-51-25-21-47-87(91)118-83-44-18-16-42-79(83)110-107(118)123)128(71-34-9-3-10-35-71,72-36-11-4-12-37-72)97-55-29-40-76-74-38-13-28-54-95(74)126-102(76)97/h1-66H. The van der Waals surface area contributed by atoms with E-state index in [1.807, 2.05) is 30.3 Å². The Labute approximate surface area is 727 Å². The first kappa shape index (κ1) is 70.3. The fourth-order valence-corrected chi connectivity index (χ4v) is 30.3. The van der Waals surface area contributed by atoms with E-state index in [2.05, 4.69) is 406 Å². The second-order valence-electron chi connectivity index (χ2n) is 33.0. The van der Waals surface area contributed by atoms with Crippen molar-refractivity contribution in [2.24, 2.45) is 0 Å². The Morgan fingerprint density at radius 2 is 0.570 bits per heavy atom. The van der Waals surface area contributed by atoms with Gasteiger partial charge in [0.1, 0.15) is 34.0 Å². The number of para-hydroxylation sites is 15. The highest BCUT2D eigenvalue weighted by molar-refractivity contribution is 7.20. The van der Waals surface area contributed by atoms with Crippen molar-refractivity contribution in [2.75, 3.05) is 0 Å². The van der Waals surface area contributed by atoms with E-state index in [0.29, 0.717) is 40.9 Å². The van der Waals surface area contributed by atoms with Crippen molar-refractivity contribution in [3.63, 3.8) is 0 Å². The minimum absolute atomic E-state index is 0.449. The fourth-order valence-electron chi connectivity index (χ4n) is 21.0. The molecule has 16 aromatic carbocycles. The van der Waals surface area contributed by atoms with Gasteiger partial charge < -0.3 is 8.83 Å². The second kappa shape index (κ2) is 26.7. The zero-order valence-corrected chi connectivity index (χ0v) is 70.1. The van der Waals surface area contributed by atoms with Gasteiger partial charge in [-0.15, -0.1) is 0 Å². The van der Waals surface area contributed by atoms with E-state index in [4.69, 9.17) is 48.7 Å². The summed E-state index contributed by atoms with van der Waals surface area (Å²) in [6.07, 6.45) is 0. The lowest BCUT2D eigenvalue weighted by Gasteiger charge is -2.33. The van der Waals surface area contributed by atoms with Crippen LogP contribution in [0.25, 0.3) is 190 Å². The SMILES string of the molecule is c1ccc([Si](c2ccccc2)(c2ccc3oc4ccccc4c3c2)c2cc(-n3c4ccccc4n4c5ccccc5nc34)nc(-n3c4ccccc4n4c5cc(-c6ccc7c(c6)nc6n(-c8cc([Si](c9ccccc9)(c9ccccc9)c9cccc%10c9oc9ccccc9%10)nc(-n9c%10ccccc%10n%10c%11ccccc%11nc9%10)n8)c8ccccc8n76)ccc5nc34)n2)cc1. The van der Waals surface area contributed by atoms with Gasteiger partial charge in [0.2, 0.25) is 51.2 Å². The van der Waals surface area contributed by atoms with Gasteiger partial charge in [0.15, 0.2) is 0 Å². The summed E-state index contributed by atoms with van der Waals surface area (Å²) in [6, 6.07) is 142. The van der Waals surface area contributed by atoms with Gasteiger partial charge in [-0.2, -0.15) is 9.97 Å². The maximum Gasteiger partial charge on any atom is 0.238 e. The van der Waals surface area contributed by atoms with E-state index in [-0.39, 0.29) is 0 Å². The Kier molecular flexibility index (Phi) is 14.6. The third kappa shape index (κ3) is 9.77. The number of imidazole rings is 8. The molecule has 598 valence electrons. The van der Waals surface area contributed by atoms with Crippen molar-refractivity contribution >= 4 is 213 Å². The summed E-state index contributed by atoms with van der Waals surface area (Å²) < 4.78 is 31.6. The van der Waals surface area contributed by atoms with Crippen LogP contribution in [0, 0.1) is 0 Å². The molecule has 0 saturated heterocycles. The Morgan fingerprint density at radius 1 is 0.203 bits per heavy atom. The number of hydrogen-bond acceptors (Lipinski definition) is 10. The van der Waals surface area contributed by atoms with Crippen LogP contribution in [0.5, 0.6) is 0 Å². The summed E-state index contributed by atoms with van der Waals surface area (Å²) in [5, 5.41) is 12.6. The third-order valence-electron chi connectivity index (χ3n) is 26.4. The molecule has 0 aliphatic rings. The molecule has 0 aliphatic carbocycles. The minimum atomic E-state index is -3.69. The number of fused-ring (bicyclic) bond motifs is 26. The van der Waals surface area contributed by atoms with Crippen molar-refractivity contribution in [1.29, 1.82) is 0 Å². The minimum Gasteiger partial charge on any atom is -0.456 e. The quantitative estimate of drug-likeness (QED) is 0.0800. The zero-order valence-electron chi connectivity index (χ0n) is 68.1. The van der Waals surface area contributed by atoms with Gasteiger partial charge in [0.25, 0.3) is 0 Å². The molecular weight excluding hydrogens is 1610 g/mol. The molecule has 128 heavy (non-hydrogen) atoms. The maximum atomic E-state index is 7.21. The monoisotopic (exact) mass is 1670 g/mol. The van der Waals surface area contributed by atoms with Crippen molar-refractivity contribution in [2.45, 2.75) is 0 Å². The number of nitrogens with zero attached hydrogens (tertiary/aromatic N) is 16. The lowest BCUT2D eigenvalue weighted by molar-refractivity contribution is 0.669. The van der Waals surface area contributed by atoms with E-state index in [1.165, 1.54) is 0 Å². The summed E-state index contributed by atoms with van der Waals surface area (Å²) >= 11 is 0. The number of hydrogen-bond donors (Lipinski definition) is 0. The fraction of sp³-hybridized carbons (Fsp3) is 0. The molecule has 0 saturated carbocycles. The molecule has 0 unspecified atom stereocenters. The van der Waals surface area contributed by atoms with E-state index in [9.17, 15) is 0 Å². The van der Waals surface area contributed by atoms with Crippen LogP contribution in [0.3, 0.4) is 0 Å². The van der Waals surface area contributed by atoms with Crippen LogP contribution in [0.2, 0.25) is 0 Å². The van der Waals surface area contributed by atoms with Crippen LogP contribution in [-0.2, 0) is 0 Å². The van der Waals surface area contributed by atoms with E-state index < -0.39 is 16.1 Å². The Morgan fingerprint density at radius 3 is 1.09 bits per heavy atom. The molecule has 0 N–H and O–H groups in total. The van der Waals surface area contributed by atoms with Crippen LogP contribution in [0.1, 0.15) is 0 Å². The second-order valence-corrected chi connectivity index (χ2v) is 40.5. The summed E-state index contributed by atoms with van der Waals surface area (Å²) in [4.78, 5) is 46.4. The molecule has 0 atom stereocenters. The molecule has 0 bridgehead atoms. The highest BCUT2D eigenvalue weighted by Gasteiger charge is 2.48. The molecule has 0 spiro atoms. The highest BCUT2D eigenvalue weighted by atomic mass is 28.3. The van der Waals surface area contributed by atoms with Crippen LogP contribution in [0.4, 0.5) is 0 Å². The molecule has 0 amide bonds. The zero-order chi connectivity index (χ0) is 83.6. The van der Waals surface area contributed by atoms with Crippen LogP contribution < -0.4 is 41.8 Å². The summed E-state index contributed by atoms with van der Waals surface area (Å²) in [5.74, 6) is 4.91. The van der Waals surface area contributed by atoms with Gasteiger partial charge >= 0.3 is 0 Å². The van der Waals surface area contributed by atoms with E-state index >= 15 is 0 Å². The lowest BCUT2D eigenvalue weighted by atomic mass is 10.0. The average molecular weight is 1680 g/mol. The van der Waals surface area contributed by atoms with Crippen LogP contribution in [-0.4, -0.2) is 91.9 Å². The first-order valence-corrected chi connectivity index (χ1v) is 46.9. The summed E-state index contributed by atoms with van der Waals surface area (Å²) in [6.45, 7) is 0. The van der Waals surface area contributed by atoms with Gasteiger partial charge in [-0.3, -0.25) is 26.7 Å². The summed E-state index contributed by atoms with van der Waals surface area (Å²) in [7, 11) is -7.28. The first-order valence-electron chi connectivity index (χ1n) is 42.9. The Bertz CT molecular complexity index is 9450. The molecule has 0 aliphatic heterocycles. The highest BCUT2D eigenvalue weighted by Crippen LogP contribution is 2.39. The summed E-state index contributed by atoms with van der Waals surface area (Å²) in [5.41, 5.74) is 19.9. The molecule has 0 radical (unpaired) electrons. The lowest BCUT2D eigenvalue weighted by Crippen LogP contribution is -2.75. The third-order valence-corrected chi connectivity index (χ3v) is 35.6. The molecule has 12 heterocycles. The topological polar surface area (TPSA) is 167 Å². The van der Waals surface area contributed by atoms with Crippen molar-refractivity contribution in [3.05, 3.63) is 400 Å². The Hall–Kier alpha value is -17.2. The van der Waals surface area contributed by atoms with Crippen molar-refractivity contribution < 1.29 is 8.83 Å². The maximum absolute atomic E-state index is 7.21. The molecular formula is C108H66N16O2Si2. The number of benzene rings is 16.